The molecule has 3 heterocycles. The van der Waals surface area contributed by atoms with E-state index in [0.29, 0.717) is 5.91 Å². The van der Waals surface area contributed by atoms with E-state index in [1.165, 1.54) is 6.42 Å². The summed E-state index contributed by atoms with van der Waals surface area (Å²) in [7, 11) is 0. The summed E-state index contributed by atoms with van der Waals surface area (Å²) in [6, 6.07) is 8.22. The highest BCUT2D eigenvalue weighted by molar-refractivity contribution is 5.92. The van der Waals surface area contributed by atoms with Crippen LogP contribution >= 0.6 is 0 Å². The molecule has 5 rings (SSSR count). The lowest BCUT2D eigenvalue weighted by molar-refractivity contribution is -0.140. The summed E-state index contributed by atoms with van der Waals surface area (Å²) < 4.78 is 2.04. The molecule has 140 valence electrons. The molecule has 2 aromatic heterocycles. The summed E-state index contributed by atoms with van der Waals surface area (Å²) in [6.07, 6.45) is 3.30. The topological polar surface area (TPSA) is 66.6 Å². The standard InChI is InChI=1S/C20H24N6O/c1-13-12-24(10-11-25(13)19(27)15-6-5-7-15)20-21-17-9-4-3-8-16(17)18-23-22-14(2)26(18)20/h3-4,8-9,13,15H,5-7,10-12H2,1-2H3. The molecule has 7 heteroatoms. The predicted molar refractivity (Wildman–Crippen MR) is 104 cm³/mol. The summed E-state index contributed by atoms with van der Waals surface area (Å²) in [6.45, 7) is 6.39. The van der Waals surface area contributed by atoms with Crippen molar-refractivity contribution in [2.75, 3.05) is 24.5 Å². The van der Waals surface area contributed by atoms with Gasteiger partial charge in [0.1, 0.15) is 5.82 Å². The molecule has 2 fully saturated rings. The molecule has 3 aromatic rings. The van der Waals surface area contributed by atoms with Crippen molar-refractivity contribution >= 4 is 28.4 Å². The van der Waals surface area contributed by atoms with Crippen molar-refractivity contribution in [1.29, 1.82) is 0 Å². The number of fused-ring (bicyclic) bond motifs is 3. The molecule has 1 saturated carbocycles. The van der Waals surface area contributed by atoms with Gasteiger partial charge in [-0.3, -0.25) is 4.79 Å². The Morgan fingerprint density at radius 2 is 1.96 bits per heavy atom. The van der Waals surface area contributed by atoms with Crippen molar-refractivity contribution in [3.63, 3.8) is 0 Å². The van der Waals surface area contributed by atoms with Gasteiger partial charge in [-0.1, -0.05) is 18.6 Å². The fourth-order valence-electron chi connectivity index (χ4n) is 4.26. The van der Waals surface area contributed by atoms with Crippen LogP contribution in [0.5, 0.6) is 0 Å². The number of aromatic nitrogens is 4. The van der Waals surface area contributed by atoms with Crippen LogP contribution in [0.15, 0.2) is 24.3 Å². The van der Waals surface area contributed by atoms with Gasteiger partial charge >= 0.3 is 0 Å². The second-order valence-electron chi connectivity index (χ2n) is 7.79. The minimum absolute atomic E-state index is 0.173. The highest BCUT2D eigenvalue weighted by atomic mass is 16.2. The van der Waals surface area contributed by atoms with E-state index in [0.717, 1.165) is 60.8 Å². The summed E-state index contributed by atoms with van der Waals surface area (Å²) in [5.41, 5.74) is 1.77. The van der Waals surface area contributed by atoms with Crippen molar-refractivity contribution in [3.8, 4) is 0 Å². The number of para-hydroxylation sites is 1. The van der Waals surface area contributed by atoms with Crippen LogP contribution in [0.1, 0.15) is 32.0 Å². The van der Waals surface area contributed by atoms with Gasteiger partial charge in [0, 0.05) is 37.0 Å². The Hall–Kier alpha value is -2.70. The van der Waals surface area contributed by atoms with Crippen LogP contribution < -0.4 is 4.90 Å². The highest BCUT2D eigenvalue weighted by Gasteiger charge is 2.35. The second kappa shape index (κ2) is 6.18. The highest BCUT2D eigenvalue weighted by Crippen LogP contribution is 2.30. The van der Waals surface area contributed by atoms with Gasteiger partial charge in [-0.05, 0) is 38.8 Å². The van der Waals surface area contributed by atoms with Gasteiger partial charge in [0.25, 0.3) is 0 Å². The Labute approximate surface area is 158 Å². The van der Waals surface area contributed by atoms with Gasteiger partial charge in [0.2, 0.25) is 11.9 Å². The van der Waals surface area contributed by atoms with Crippen molar-refractivity contribution in [3.05, 3.63) is 30.1 Å². The number of anilines is 1. The summed E-state index contributed by atoms with van der Waals surface area (Å²) in [5.74, 6) is 2.29. The minimum Gasteiger partial charge on any atom is -0.338 e. The first kappa shape index (κ1) is 16.5. The van der Waals surface area contributed by atoms with Gasteiger partial charge in [0.05, 0.1) is 5.52 Å². The Kier molecular flexibility index (Phi) is 3.77. The van der Waals surface area contributed by atoms with Crippen LogP contribution in [0.25, 0.3) is 16.6 Å². The van der Waals surface area contributed by atoms with Gasteiger partial charge in [-0.15, -0.1) is 10.2 Å². The van der Waals surface area contributed by atoms with E-state index < -0.39 is 0 Å². The zero-order chi connectivity index (χ0) is 18.5. The van der Waals surface area contributed by atoms with Gasteiger partial charge < -0.3 is 9.80 Å². The first-order chi connectivity index (χ1) is 13.1. The largest absolute Gasteiger partial charge is 0.338 e. The van der Waals surface area contributed by atoms with Crippen LogP contribution in [0, 0.1) is 12.8 Å². The van der Waals surface area contributed by atoms with E-state index in [-0.39, 0.29) is 12.0 Å². The predicted octanol–water partition coefficient (Wildman–Crippen LogP) is 2.42. The smallest absolute Gasteiger partial charge is 0.226 e. The molecule has 1 atom stereocenters. The van der Waals surface area contributed by atoms with Crippen molar-refractivity contribution in [1.82, 2.24) is 24.5 Å². The number of aryl methyl sites for hydroxylation is 1. The normalized spacial score (nSPS) is 21.0. The summed E-state index contributed by atoms with van der Waals surface area (Å²) in [4.78, 5) is 22.0. The van der Waals surface area contributed by atoms with E-state index in [1.54, 1.807) is 0 Å². The molecule has 2 aliphatic rings. The quantitative estimate of drug-likeness (QED) is 0.699. The SMILES string of the molecule is Cc1nnc2c3ccccc3nc(N3CCN(C(=O)C4CCC4)C(C)C3)n12. The van der Waals surface area contributed by atoms with Crippen molar-refractivity contribution in [2.45, 2.75) is 39.2 Å². The molecule has 0 spiro atoms. The van der Waals surface area contributed by atoms with Crippen molar-refractivity contribution < 1.29 is 4.79 Å². The average molecular weight is 364 g/mol. The number of rotatable bonds is 2. The van der Waals surface area contributed by atoms with Gasteiger partial charge in [0.15, 0.2) is 5.65 Å². The third-order valence-electron chi connectivity index (χ3n) is 6.04. The number of amides is 1. The third-order valence-corrected chi connectivity index (χ3v) is 6.04. The van der Waals surface area contributed by atoms with E-state index in [4.69, 9.17) is 4.98 Å². The van der Waals surface area contributed by atoms with Gasteiger partial charge in [-0.25, -0.2) is 9.38 Å². The maximum Gasteiger partial charge on any atom is 0.226 e. The number of nitrogens with zero attached hydrogens (tertiary/aromatic N) is 6. The molecule has 1 saturated heterocycles. The van der Waals surface area contributed by atoms with E-state index in [9.17, 15) is 4.79 Å². The molecule has 1 amide bonds. The first-order valence-electron chi connectivity index (χ1n) is 9.79. The zero-order valence-corrected chi connectivity index (χ0v) is 15.8. The lowest BCUT2D eigenvalue weighted by atomic mass is 9.84. The molecule has 1 aliphatic heterocycles. The molecule has 0 bridgehead atoms. The molecule has 27 heavy (non-hydrogen) atoms. The van der Waals surface area contributed by atoms with Crippen LogP contribution in [0.2, 0.25) is 0 Å². The maximum atomic E-state index is 12.7. The second-order valence-corrected chi connectivity index (χ2v) is 7.79. The molecular weight excluding hydrogens is 340 g/mol. The Morgan fingerprint density at radius 3 is 2.70 bits per heavy atom. The van der Waals surface area contributed by atoms with Crippen LogP contribution in [-0.4, -0.2) is 56.1 Å². The van der Waals surface area contributed by atoms with E-state index >= 15 is 0 Å². The molecule has 1 aliphatic carbocycles. The number of piperazine rings is 1. The number of hydrogen-bond acceptors (Lipinski definition) is 5. The molecular formula is C20H24N6O. The monoisotopic (exact) mass is 364 g/mol. The molecule has 0 radical (unpaired) electrons. The van der Waals surface area contributed by atoms with E-state index in [1.807, 2.05) is 35.6 Å². The number of carbonyl (C=O) groups is 1. The van der Waals surface area contributed by atoms with Crippen LogP contribution in [0.4, 0.5) is 5.95 Å². The molecule has 1 aromatic carbocycles. The van der Waals surface area contributed by atoms with Crippen LogP contribution in [-0.2, 0) is 4.79 Å². The number of carbonyl (C=O) groups excluding carboxylic acids is 1. The third kappa shape index (κ3) is 2.56. The minimum atomic E-state index is 0.173. The molecule has 7 nitrogen and oxygen atoms in total. The number of hydrogen-bond donors (Lipinski definition) is 0. The molecule has 0 N–H and O–H groups in total. The Morgan fingerprint density at radius 1 is 1.15 bits per heavy atom. The first-order valence-corrected chi connectivity index (χ1v) is 9.79. The van der Waals surface area contributed by atoms with Crippen molar-refractivity contribution in [2.24, 2.45) is 5.92 Å². The summed E-state index contributed by atoms with van der Waals surface area (Å²) >= 11 is 0. The maximum absolute atomic E-state index is 12.7. The van der Waals surface area contributed by atoms with Crippen LogP contribution in [0.3, 0.4) is 0 Å². The fourth-order valence-corrected chi connectivity index (χ4v) is 4.26. The fraction of sp³-hybridized carbons (Fsp3) is 0.500. The van der Waals surface area contributed by atoms with Gasteiger partial charge in [-0.2, -0.15) is 0 Å². The Balaban J connectivity index is 1.50. The zero-order valence-electron chi connectivity index (χ0n) is 15.8. The van der Waals surface area contributed by atoms with E-state index in [2.05, 4.69) is 26.9 Å². The Bertz CT molecular complexity index is 1020. The lowest BCUT2D eigenvalue weighted by Crippen LogP contribution is -2.56. The number of benzene rings is 1. The average Bonchev–Trinajstić information content (AvgIpc) is 3.01. The summed E-state index contributed by atoms with van der Waals surface area (Å²) in [5, 5.41) is 9.68. The molecule has 1 unspecified atom stereocenters. The lowest BCUT2D eigenvalue weighted by Gasteiger charge is -2.43.